The van der Waals surface area contributed by atoms with Crippen molar-refractivity contribution >= 4 is 21.6 Å². The van der Waals surface area contributed by atoms with E-state index in [2.05, 4.69) is 35.6 Å². The van der Waals surface area contributed by atoms with E-state index in [-0.39, 0.29) is 0 Å². The van der Waals surface area contributed by atoms with E-state index in [1.165, 1.54) is 41.5 Å². The first-order valence-corrected chi connectivity index (χ1v) is 6.52. The van der Waals surface area contributed by atoms with Gasteiger partial charge in [0.05, 0.1) is 10.4 Å². The van der Waals surface area contributed by atoms with Crippen LogP contribution in [0, 0.1) is 0 Å². The van der Waals surface area contributed by atoms with Gasteiger partial charge < -0.3 is 0 Å². The molecule has 1 nitrogen and oxygen atoms in total. The molecule has 80 valence electrons. The molecule has 0 saturated carbocycles. The van der Waals surface area contributed by atoms with Crippen molar-refractivity contribution in [2.75, 3.05) is 0 Å². The van der Waals surface area contributed by atoms with E-state index in [0.717, 1.165) is 6.42 Å². The molecule has 0 N–H and O–H groups in total. The van der Waals surface area contributed by atoms with Crippen molar-refractivity contribution in [1.29, 1.82) is 0 Å². The highest BCUT2D eigenvalue weighted by Crippen LogP contribution is 2.23. The van der Waals surface area contributed by atoms with Crippen LogP contribution < -0.4 is 0 Å². The van der Waals surface area contributed by atoms with Crippen molar-refractivity contribution in [1.82, 2.24) is 4.37 Å². The maximum atomic E-state index is 4.53. The quantitative estimate of drug-likeness (QED) is 0.678. The van der Waals surface area contributed by atoms with Crippen LogP contribution in [0.2, 0.25) is 0 Å². The fraction of sp³-hybridized carbons (Fsp3) is 0.462. The monoisotopic (exact) mass is 219 g/mol. The molecule has 2 heteroatoms. The molecule has 0 aliphatic carbocycles. The van der Waals surface area contributed by atoms with Crippen LogP contribution in [0.25, 0.3) is 10.1 Å². The summed E-state index contributed by atoms with van der Waals surface area (Å²) >= 11 is 1.63. The lowest BCUT2D eigenvalue weighted by Gasteiger charge is -1.97. The molecular formula is C13H17NS. The fourth-order valence-electron chi connectivity index (χ4n) is 1.84. The van der Waals surface area contributed by atoms with Gasteiger partial charge in [0.15, 0.2) is 0 Å². The van der Waals surface area contributed by atoms with E-state index in [9.17, 15) is 0 Å². The van der Waals surface area contributed by atoms with Crippen molar-refractivity contribution in [3.05, 3.63) is 30.0 Å². The number of fused-ring (bicyclic) bond motifs is 1. The van der Waals surface area contributed by atoms with Crippen molar-refractivity contribution in [3.63, 3.8) is 0 Å². The van der Waals surface area contributed by atoms with Crippen LogP contribution in [0.3, 0.4) is 0 Å². The van der Waals surface area contributed by atoms with Gasteiger partial charge in [-0.15, -0.1) is 0 Å². The molecule has 0 saturated heterocycles. The summed E-state index contributed by atoms with van der Waals surface area (Å²) in [5.41, 5.74) is 1.30. The Bertz CT molecular complexity index is 419. The summed E-state index contributed by atoms with van der Waals surface area (Å²) in [6.07, 6.45) is 6.41. The molecule has 2 rings (SSSR count). The Labute approximate surface area is 95.3 Å². The average Bonchev–Trinajstić information content (AvgIpc) is 2.68. The number of nitrogens with zero attached hydrogens (tertiary/aromatic N) is 1. The summed E-state index contributed by atoms with van der Waals surface area (Å²) in [4.78, 5) is 0. The van der Waals surface area contributed by atoms with E-state index in [0.29, 0.717) is 0 Å². The fourth-order valence-corrected chi connectivity index (χ4v) is 2.66. The van der Waals surface area contributed by atoms with Gasteiger partial charge >= 0.3 is 0 Å². The summed E-state index contributed by atoms with van der Waals surface area (Å²) < 4.78 is 5.86. The first kappa shape index (κ1) is 10.6. The molecule has 0 unspecified atom stereocenters. The predicted molar refractivity (Wildman–Crippen MR) is 67.5 cm³/mol. The second-order valence-corrected chi connectivity index (χ2v) is 4.74. The van der Waals surface area contributed by atoms with Gasteiger partial charge in [-0.25, -0.2) is 0 Å². The molecule has 0 bridgehead atoms. The van der Waals surface area contributed by atoms with Crippen molar-refractivity contribution in [2.24, 2.45) is 0 Å². The molecular weight excluding hydrogens is 202 g/mol. The molecule has 0 spiro atoms. The Hall–Kier alpha value is -0.890. The number of benzene rings is 1. The summed E-state index contributed by atoms with van der Waals surface area (Å²) in [7, 11) is 0. The molecule has 0 aliphatic heterocycles. The van der Waals surface area contributed by atoms with Crippen LogP contribution in [0.4, 0.5) is 0 Å². The van der Waals surface area contributed by atoms with E-state index in [4.69, 9.17) is 0 Å². The van der Waals surface area contributed by atoms with E-state index in [1.54, 1.807) is 11.5 Å². The first-order chi connectivity index (χ1) is 7.42. The zero-order valence-corrected chi connectivity index (χ0v) is 10.0. The maximum Gasteiger partial charge on any atom is 0.0620 e. The second kappa shape index (κ2) is 5.26. The van der Waals surface area contributed by atoms with Gasteiger partial charge in [-0.2, -0.15) is 4.37 Å². The molecule has 0 atom stereocenters. The standard InChI is InChI=1S/C13H17NS/c1-2-3-4-5-9-12-11-8-6-7-10-13(11)15-14-12/h6-8,10H,2-5,9H2,1H3. The topological polar surface area (TPSA) is 12.9 Å². The number of hydrogen-bond acceptors (Lipinski definition) is 2. The van der Waals surface area contributed by atoms with Crippen molar-refractivity contribution < 1.29 is 0 Å². The Morgan fingerprint density at radius 1 is 1.13 bits per heavy atom. The minimum absolute atomic E-state index is 1.14. The average molecular weight is 219 g/mol. The molecule has 0 aliphatic rings. The molecule has 1 aromatic heterocycles. The lowest BCUT2D eigenvalue weighted by atomic mass is 10.1. The van der Waals surface area contributed by atoms with Gasteiger partial charge in [0.25, 0.3) is 0 Å². The Morgan fingerprint density at radius 3 is 2.87 bits per heavy atom. The van der Waals surface area contributed by atoms with E-state index in [1.807, 2.05) is 0 Å². The first-order valence-electron chi connectivity index (χ1n) is 5.75. The summed E-state index contributed by atoms with van der Waals surface area (Å²) in [6, 6.07) is 8.53. The van der Waals surface area contributed by atoms with Gasteiger partial charge in [-0.1, -0.05) is 44.4 Å². The Balaban J connectivity index is 2.02. The van der Waals surface area contributed by atoms with E-state index >= 15 is 0 Å². The molecule has 0 amide bonds. The smallest absolute Gasteiger partial charge is 0.0620 e. The van der Waals surface area contributed by atoms with Crippen LogP contribution in [0.15, 0.2) is 24.3 Å². The van der Waals surface area contributed by atoms with Crippen molar-refractivity contribution in [2.45, 2.75) is 39.0 Å². The zero-order valence-electron chi connectivity index (χ0n) is 9.20. The maximum absolute atomic E-state index is 4.53. The van der Waals surface area contributed by atoms with Crippen LogP contribution in [-0.4, -0.2) is 4.37 Å². The lowest BCUT2D eigenvalue weighted by Crippen LogP contribution is -1.86. The molecule has 0 radical (unpaired) electrons. The summed E-state index contributed by atoms with van der Waals surface area (Å²) in [6.45, 7) is 2.25. The third-order valence-electron chi connectivity index (χ3n) is 2.72. The largest absolute Gasteiger partial charge is 0.196 e. The third-order valence-corrected chi connectivity index (χ3v) is 3.58. The van der Waals surface area contributed by atoms with Gasteiger partial charge in [0.1, 0.15) is 0 Å². The van der Waals surface area contributed by atoms with Gasteiger partial charge in [0.2, 0.25) is 0 Å². The molecule has 0 fully saturated rings. The Morgan fingerprint density at radius 2 is 2.00 bits per heavy atom. The van der Waals surface area contributed by atoms with Gasteiger partial charge in [-0.05, 0) is 30.4 Å². The van der Waals surface area contributed by atoms with Crippen LogP contribution >= 0.6 is 11.5 Å². The normalized spacial score (nSPS) is 11.0. The summed E-state index contributed by atoms with van der Waals surface area (Å²) in [5, 5.41) is 1.36. The van der Waals surface area contributed by atoms with Crippen molar-refractivity contribution in [3.8, 4) is 0 Å². The van der Waals surface area contributed by atoms with Crippen LogP contribution in [0.5, 0.6) is 0 Å². The number of aromatic nitrogens is 1. The predicted octanol–water partition coefficient (Wildman–Crippen LogP) is 4.42. The number of aryl methyl sites for hydroxylation is 1. The molecule has 1 aromatic carbocycles. The Kier molecular flexibility index (Phi) is 3.73. The zero-order chi connectivity index (χ0) is 10.5. The molecule has 1 heterocycles. The highest BCUT2D eigenvalue weighted by Gasteiger charge is 2.04. The van der Waals surface area contributed by atoms with Crippen LogP contribution in [0.1, 0.15) is 38.3 Å². The molecule has 15 heavy (non-hydrogen) atoms. The minimum atomic E-state index is 1.14. The number of rotatable bonds is 5. The minimum Gasteiger partial charge on any atom is -0.196 e. The number of unbranched alkanes of at least 4 members (excludes halogenated alkanes) is 3. The summed E-state index contributed by atoms with van der Waals surface area (Å²) in [5.74, 6) is 0. The second-order valence-electron chi connectivity index (χ2n) is 3.94. The highest BCUT2D eigenvalue weighted by atomic mass is 32.1. The molecule has 2 aromatic rings. The van der Waals surface area contributed by atoms with Crippen LogP contribution in [-0.2, 0) is 6.42 Å². The van der Waals surface area contributed by atoms with Gasteiger partial charge in [-0.3, -0.25) is 0 Å². The van der Waals surface area contributed by atoms with Gasteiger partial charge in [0, 0.05) is 5.39 Å². The highest BCUT2D eigenvalue weighted by molar-refractivity contribution is 7.13. The SMILES string of the molecule is CCCCCCc1nsc2ccccc12. The van der Waals surface area contributed by atoms with E-state index < -0.39 is 0 Å². The third kappa shape index (κ3) is 2.57. The lowest BCUT2D eigenvalue weighted by molar-refractivity contribution is 0.664. The number of hydrogen-bond donors (Lipinski definition) is 0.